The fourth-order valence-electron chi connectivity index (χ4n) is 1.60. The first kappa shape index (κ1) is 10.2. The zero-order valence-corrected chi connectivity index (χ0v) is 9.21. The second-order valence-electron chi connectivity index (χ2n) is 4.48. The van der Waals surface area contributed by atoms with Gasteiger partial charge in [0.05, 0.1) is 0 Å². The summed E-state index contributed by atoms with van der Waals surface area (Å²) in [7, 11) is 0. The number of nitrogens with one attached hydrogen (secondary N) is 2. The van der Waals surface area contributed by atoms with E-state index >= 15 is 0 Å². The molecular weight excluding hydrogens is 190 g/mol. The largest absolute Gasteiger partial charge is 0.309 e. The molecule has 0 aromatic carbocycles. The van der Waals surface area contributed by atoms with Crippen LogP contribution < -0.4 is 5.32 Å². The predicted octanol–water partition coefficient (Wildman–Crippen LogP) is 2.27. The maximum Gasteiger partial charge on any atom is 0.228 e. The predicted molar refractivity (Wildman–Crippen MR) is 58.6 cm³/mol. The van der Waals surface area contributed by atoms with E-state index in [2.05, 4.69) is 15.5 Å². The summed E-state index contributed by atoms with van der Waals surface area (Å²) < 4.78 is 0. The normalized spacial score (nSPS) is 16.5. The van der Waals surface area contributed by atoms with Crippen molar-refractivity contribution in [2.75, 3.05) is 5.32 Å². The summed E-state index contributed by atoms with van der Waals surface area (Å²) in [5.74, 6) is 1.29. The summed E-state index contributed by atoms with van der Waals surface area (Å²) in [4.78, 5) is 11.4. The smallest absolute Gasteiger partial charge is 0.228 e. The Labute approximate surface area is 89.5 Å². The molecule has 2 N–H and O–H groups in total. The highest BCUT2D eigenvalue weighted by Crippen LogP contribution is 2.35. The second kappa shape index (κ2) is 4.04. The van der Waals surface area contributed by atoms with E-state index in [-0.39, 0.29) is 11.8 Å². The van der Waals surface area contributed by atoms with Crippen molar-refractivity contribution in [2.24, 2.45) is 5.92 Å². The van der Waals surface area contributed by atoms with Gasteiger partial charge < -0.3 is 5.32 Å². The van der Waals surface area contributed by atoms with Gasteiger partial charge >= 0.3 is 0 Å². The molecule has 1 aliphatic carbocycles. The summed E-state index contributed by atoms with van der Waals surface area (Å²) >= 11 is 0. The minimum Gasteiger partial charge on any atom is -0.309 e. The SMILES string of the molecule is CC(C)C(=O)Nc1cc(C2CCC2)[nH]n1. The molecule has 15 heavy (non-hydrogen) atoms. The number of rotatable bonds is 3. The van der Waals surface area contributed by atoms with Gasteiger partial charge in [0, 0.05) is 23.6 Å². The lowest BCUT2D eigenvalue weighted by Gasteiger charge is -2.23. The monoisotopic (exact) mass is 207 g/mol. The summed E-state index contributed by atoms with van der Waals surface area (Å²) in [5, 5.41) is 9.86. The number of hydrogen-bond acceptors (Lipinski definition) is 2. The molecule has 82 valence electrons. The number of aromatic nitrogens is 2. The fraction of sp³-hybridized carbons (Fsp3) is 0.636. The van der Waals surface area contributed by atoms with Crippen molar-refractivity contribution < 1.29 is 4.79 Å². The van der Waals surface area contributed by atoms with E-state index in [1.54, 1.807) is 0 Å². The first-order valence-electron chi connectivity index (χ1n) is 5.53. The lowest BCUT2D eigenvalue weighted by atomic mass is 9.83. The van der Waals surface area contributed by atoms with Gasteiger partial charge in [0.25, 0.3) is 0 Å². The number of carbonyl (C=O) groups is 1. The van der Waals surface area contributed by atoms with Crippen LogP contribution in [0, 0.1) is 5.92 Å². The molecule has 0 bridgehead atoms. The highest BCUT2D eigenvalue weighted by Gasteiger charge is 2.21. The Kier molecular flexibility index (Phi) is 2.75. The van der Waals surface area contributed by atoms with Gasteiger partial charge in [-0.1, -0.05) is 20.3 Å². The Balaban J connectivity index is 1.97. The van der Waals surface area contributed by atoms with E-state index in [4.69, 9.17) is 0 Å². The molecule has 0 atom stereocenters. The second-order valence-corrected chi connectivity index (χ2v) is 4.48. The van der Waals surface area contributed by atoms with Crippen LogP contribution in [0.25, 0.3) is 0 Å². The summed E-state index contributed by atoms with van der Waals surface area (Å²) in [6.45, 7) is 3.74. The molecule has 1 amide bonds. The van der Waals surface area contributed by atoms with Crippen LogP contribution >= 0.6 is 0 Å². The van der Waals surface area contributed by atoms with E-state index in [0.717, 1.165) is 5.69 Å². The van der Waals surface area contributed by atoms with Crippen molar-refractivity contribution in [3.8, 4) is 0 Å². The number of hydrogen-bond donors (Lipinski definition) is 2. The van der Waals surface area contributed by atoms with Gasteiger partial charge in [0.15, 0.2) is 5.82 Å². The Bertz CT molecular complexity index is 352. The van der Waals surface area contributed by atoms with Gasteiger partial charge in [0.1, 0.15) is 0 Å². The van der Waals surface area contributed by atoms with Gasteiger partial charge in [-0.05, 0) is 12.8 Å². The van der Waals surface area contributed by atoms with Gasteiger partial charge in [-0.3, -0.25) is 9.89 Å². The van der Waals surface area contributed by atoms with Crippen molar-refractivity contribution in [3.63, 3.8) is 0 Å². The molecule has 0 saturated heterocycles. The van der Waals surface area contributed by atoms with Crippen LogP contribution in [0.4, 0.5) is 5.82 Å². The Morgan fingerprint density at radius 2 is 2.33 bits per heavy atom. The number of nitrogens with zero attached hydrogens (tertiary/aromatic N) is 1. The van der Waals surface area contributed by atoms with Crippen molar-refractivity contribution in [1.82, 2.24) is 10.2 Å². The zero-order chi connectivity index (χ0) is 10.8. The number of carbonyl (C=O) groups excluding carboxylic acids is 1. The maximum atomic E-state index is 11.4. The molecule has 1 aromatic heterocycles. The molecule has 0 radical (unpaired) electrons. The number of anilines is 1. The van der Waals surface area contributed by atoms with Crippen molar-refractivity contribution in [1.29, 1.82) is 0 Å². The lowest BCUT2D eigenvalue weighted by Crippen LogP contribution is -2.17. The molecule has 4 heteroatoms. The third-order valence-electron chi connectivity index (χ3n) is 2.92. The third kappa shape index (κ3) is 2.19. The van der Waals surface area contributed by atoms with Crippen LogP contribution in [0.15, 0.2) is 6.07 Å². The lowest BCUT2D eigenvalue weighted by molar-refractivity contribution is -0.118. The van der Waals surface area contributed by atoms with Gasteiger partial charge in [-0.25, -0.2) is 0 Å². The van der Waals surface area contributed by atoms with Crippen LogP contribution in [-0.2, 0) is 4.79 Å². The molecule has 0 aliphatic heterocycles. The average Bonchev–Trinajstić information content (AvgIpc) is 2.49. The van der Waals surface area contributed by atoms with Gasteiger partial charge in [-0.2, -0.15) is 5.10 Å². The van der Waals surface area contributed by atoms with Gasteiger partial charge in [-0.15, -0.1) is 0 Å². The molecular formula is C11H17N3O. The van der Waals surface area contributed by atoms with Gasteiger partial charge in [0.2, 0.25) is 5.91 Å². The molecule has 4 nitrogen and oxygen atoms in total. The van der Waals surface area contributed by atoms with Crippen molar-refractivity contribution >= 4 is 11.7 Å². The summed E-state index contributed by atoms with van der Waals surface area (Å²) in [5.41, 5.74) is 1.15. The molecule has 1 aromatic rings. The molecule has 1 saturated carbocycles. The van der Waals surface area contributed by atoms with Crippen LogP contribution in [0.2, 0.25) is 0 Å². The number of H-pyrrole nitrogens is 1. The standard InChI is InChI=1S/C11H17N3O/c1-7(2)11(15)12-10-6-9(13-14-10)8-4-3-5-8/h6-8H,3-5H2,1-2H3,(H2,12,13,14,15). The topological polar surface area (TPSA) is 57.8 Å². The molecule has 0 spiro atoms. The van der Waals surface area contributed by atoms with Crippen molar-refractivity contribution in [3.05, 3.63) is 11.8 Å². The highest BCUT2D eigenvalue weighted by atomic mass is 16.1. The van der Waals surface area contributed by atoms with E-state index in [1.807, 2.05) is 19.9 Å². The third-order valence-corrected chi connectivity index (χ3v) is 2.92. The summed E-state index contributed by atoms with van der Waals surface area (Å²) in [6.07, 6.45) is 3.77. The first-order valence-corrected chi connectivity index (χ1v) is 5.53. The van der Waals surface area contributed by atoms with Crippen LogP contribution in [0.3, 0.4) is 0 Å². The van der Waals surface area contributed by atoms with Crippen LogP contribution in [-0.4, -0.2) is 16.1 Å². The molecule has 1 fully saturated rings. The molecule has 0 unspecified atom stereocenters. The Hall–Kier alpha value is -1.32. The fourth-order valence-corrected chi connectivity index (χ4v) is 1.60. The van der Waals surface area contributed by atoms with E-state index < -0.39 is 0 Å². The van der Waals surface area contributed by atoms with E-state index in [1.165, 1.54) is 19.3 Å². The first-order chi connectivity index (χ1) is 7.16. The quantitative estimate of drug-likeness (QED) is 0.798. The molecule has 2 rings (SSSR count). The number of aromatic amines is 1. The van der Waals surface area contributed by atoms with Crippen LogP contribution in [0.1, 0.15) is 44.7 Å². The Morgan fingerprint density at radius 3 is 2.87 bits per heavy atom. The maximum absolute atomic E-state index is 11.4. The van der Waals surface area contributed by atoms with Crippen molar-refractivity contribution in [2.45, 2.75) is 39.0 Å². The average molecular weight is 207 g/mol. The minimum absolute atomic E-state index is 0.00569. The molecule has 1 aliphatic rings. The summed E-state index contributed by atoms with van der Waals surface area (Å²) in [6, 6.07) is 1.95. The Morgan fingerprint density at radius 1 is 1.60 bits per heavy atom. The van der Waals surface area contributed by atoms with Crippen LogP contribution in [0.5, 0.6) is 0 Å². The van der Waals surface area contributed by atoms with E-state index in [9.17, 15) is 4.79 Å². The molecule has 1 heterocycles. The number of amides is 1. The highest BCUT2D eigenvalue weighted by molar-refractivity contribution is 5.91. The zero-order valence-electron chi connectivity index (χ0n) is 9.21. The van der Waals surface area contributed by atoms with E-state index in [0.29, 0.717) is 11.7 Å². The minimum atomic E-state index is -0.00569.